The molecule has 0 radical (unpaired) electrons. The maximum Gasteiger partial charge on any atom is 0.280 e. The highest BCUT2D eigenvalue weighted by Crippen LogP contribution is 2.16. The number of amides is 1. The summed E-state index contributed by atoms with van der Waals surface area (Å²) in [5.74, 6) is -2.75. The van der Waals surface area contributed by atoms with E-state index in [1.807, 2.05) is 23.7 Å². The van der Waals surface area contributed by atoms with E-state index in [9.17, 15) is 13.6 Å². The number of hydroxylamine groups is 1. The molecule has 2 aromatic rings. The van der Waals surface area contributed by atoms with Crippen molar-refractivity contribution in [2.45, 2.75) is 13.5 Å². The molecule has 0 heterocycles. The van der Waals surface area contributed by atoms with Crippen LogP contribution in [0.2, 0.25) is 0 Å². The van der Waals surface area contributed by atoms with Gasteiger partial charge in [0.25, 0.3) is 5.91 Å². The number of hydrogen-bond donors (Lipinski definition) is 1. The molecule has 1 amide bonds. The number of hydrogen-bond acceptors (Lipinski definition) is 2. The third kappa shape index (κ3) is 3.19. The highest BCUT2D eigenvalue weighted by molar-refractivity contribution is 5.94. The summed E-state index contributed by atoms with van der Waals surface area (Å²) in [6.07, 6.45) is 0. The van der Waals surface area contributed by atoms with Crippen LogP contribution in [0.15, 0.2) is 42.5 Å². The number of aryl methyl sites for hydroxylation is 1. The second-order valence-corrected chi connectivity index (χ2v) is 4.26. The second kappa shape index (κ2) is 6.25. The van der Waals surface area contributed by atoms with Crippen LogP contribution in [0.3, 0.4) is 0 Å². The number of carbonyl (C=O) groups excluding carboxylic acids is 1. The van der Waals surface area contributed by atoms with Gasteiger partial charge in [0.15, 0.2) is 0 Å². The van der Waals surface area contributed by atoms with Crippen molar-refractivity contribution in [1.82, 2.24) is 5.48 Å². The minimum Gasteiger partial charge on any atom is -0.269 e. The first-order valence-electron chi connectivity index (χ1n) is 6.00. The molecule has 0 aliphatic heterocycles. The Morgan fingerprint density at radius 3 is 2.55 bits per heavy atom. The smallest absolute Gasteiger partial charge is 0.269 e. The molecule has 0 aliphatic rings. The molecular formula is C15H13F2NO2. The Bertz CT molecular complexity index is 615. The molecule has 20 heavy (non-hydrogen) atoms. The Balaban J connectivity index is 2.01. The molecular weight excluding hydrogens is 264 g/mol. The van der Waals surface area contributed by atoms with Crippen LogP contribution in [0.5, 0.6) is 0 Å². The van der Waals surface area contributed by atoms with Crippen LogP contribution in [0.25, 0.3) is 0 Å². The Labute approximate surface area is 115 Å². The highest BCUT2D eigenvalue weighted by Gasteiger charge is 2.19. The van der Waals surface area contributed by atoms with Gasteiger partial charge in [-0.15, -0.1) is 0 Å². The standard InChI is InChI=1S/C15H13F2NO2/c1-10-7-8-12(16)13(14(10)17)15(19)18-20-9-11-5-3-2-4-6-11/h2-8H,9H2,1H3,(H,18,19). The van der Waals surface area contributed by atoms with Gasteiger partial charge in [0.05, 0.1) is 6.61 Å². The molecule has 2 aromatic carbocycles. The first-order chi connectivity index (χ1) is 9.59. The van der Waals surface area contributed by atoms with Crippen molar-refractivity contribution in [2.24, 2.45) is 0 Å². The molecule has 0 unspecified atom stereocenters. The summed E-state index contributed by atoms with van der Waals surface area (Å²) < 4.78 is 27.2. The Hall–Kier alpha value is -2.27. The summed E-state index contributed by atoms with van der Waals surface area (Å²) in [7, 11) is 0. The minimum atomic E-state index is -0.945. The zero-order valence-corrected chi connectivity index (χ0v) is 10.8. The van der Waals surface area contributed by atoms with E-state index in [1.165, 1.54) is 13.0 Å². The highest BCUT2D eigenvalue weighted by atomic mass is 19.1. The van der Waals surface area contributed by atoms with Gasteiger partial charge in [-0.2, -0.15) is 0 Å². The lowest BCUT2D eigenvalue weighted by molar-refractivity contribution is 0.0227. The summed E-state index contributed by atoms with van der Waals surface area (Å²) in [5.41, 5.74) is 2.42. The quantitative estimate of drug-likeness (QED) is 0.872. The summed E-state index contributed by atoms with van der Waals surface area (Å²) in [6.45, 7) is 1.57. The van der Waals surface area contributed by atoms with E-state index in [0.717, 1.165) is 11.6 Å². The molecule has 0 saturated carbocycles. The Morgan fingerprint density at radius 1 is 1.15 bits per heavy atom. The van der Waals surface area contributed by atoms with E-state index >= 15 is 0 Å². The van der Waals surface area contributed by atoms with Crippen molar-refractivity contribution in [1.29, 1.82) is 0 Å². The van der Waals surface area contributed by atoms with E-state index in [-0.39, 0.29) is 12.2 Å². The molecule has 0 spiro atoms. The van der Waals surface area contributed by atoms with Crippen LogP contribution in [0, 0.1) is 18.6 Å². The summed E-state index contributed by atoms with van der Waals surface area (Å²) in [5, 5.41) is 0. The fraction of sp³-hybridized carbons (Fsp3) is 0.133. The molecule has 0 fully saturated rings. The van der Waals surface area contributed by atoms with E-state index in [4.69, 9.17) is 4.84 Å². The van der Waals surface area contributed by atoms with Crippen LogP contribution < -0.4 is 5.48 Å². The van der Waals surface area contributed by atoms with Gasteiger partial charge in [0.2, 0.25) is 0 Å². The zero-order chi connectivity index (χ0) is 14.5. The van der Waals surface area contributed by atoms with Gasteiger partial charge in [0, 0.05) is 0 Å². The van der Waals surface area contributed by atoms with E-state index < -0.39 is 23.1 Å². The van der Waals surface area contributed by atoms with Crippen LogP contribution in [0.4, 0.5) is 8.78 Å². The number of halogens is 2. The minimum absolute atomic E-state index is 0.113. The first kappa shape index (κ1) is 14.1. The first-order valence-corrected chi connectivity index (χ1v) is 6.00. The monoisotopic (exact) mass is 277 g/mol. The lowest BCUT2D eigenvalue weighted by Gasteiger charge is -2.08. The van der Waals surface area contributed by atoms with Gasteiger partial charge in [-0.25, -0.2) is 14.3 Å². The van der Waals surface area contributed by atoms with E-state index in [1.54, 1.807) is 12.1 Å². The normalized spacial score (nSPS) is 10.3. The van der Waals surface area contributed by atoms with Gasteiger partial charge in [0.1, 0.15) is 17.2 Å². The van der Waals surface area contributed by atoms with Crippen LogP contribution >= 0.6 is 0 Å². The summed E-state index contributed by atoms with van der Waals surface area (Å²) in [4.78, 5) is 16.7. The van der Waals surface area contributed by atoms with Crippen LogP contribution in [-0.4, -0.2) is 5.91 Å². The lowest BCUT2D eigenvalue weighted by Crippen LogP contribution is -2.26. The Kier molecular flexibility index (Phi) is 4.42. The largest absolute Gasteiger partial charge is 0.280 e. The summed E-state index contributed by atoms with van der Waals surface area (Å²) >= 11 is 0. The van der Waals surface area contributed by atoms with Crippen molar-refractivity contribution >= 4 is 5.91 Å². The Morgan fingerprint density at radius 2 is 1.85 bits per heavy atom. The van der Waals surface area contributed by atoms with E-state index in [2.05, 4.69) is 0 Å². The average Bonchev–Trinajstić information content (AvgIpc) is 2.44. The molecule has 1 N–H and O–H groups in total. The van der Waals surface area contributed by atoms with Crippen LogP contribution in [-0.2, 0) is 11.4 Å². The van der Waals surface area contributed by atoms with Gasteiger partial charge < -0.3 is 0 Å². The van der Waals surface area contributed by atoms with Gasteiger partial charge in [-0.1, -0.05) is 36.4 Å². The number of benzene rings is 2. The molecule has 0 saturated heterocycles. The molecule has 5 heteroatoms. The SMILES string of the molecule is Cc1ccc(F)c(C(=O)NOCc2ccccc2)c1F. The third-order valence-corrected chi connectivity index (χ3v) is 2.76. The molecule has 0 atom stereocenters. The van der Waals surface area contributed by atoms with Crippen molar-refractivity contribution in [2.75, 3.05) is 0 Å². The number of nitrogens with one attached hydrogen (secondary N) is 1. The molecule has 2 rings (SSSR count). The van der Waals surface area contributed by atoms with E-state index in [0.29, 0.717) is 0 Å². The third-order valence-electron chi connectivity index (χ3n) is 2.76. The molecule has 3 nitrogen and oxygen atoms in total. The molecule has 0 bridgehead atoms. The molecule has 0 aliphatic carbocycles. The fourth-order valence-electron chi connectivity index (χ4n) is 1.68. The molecule has 0 aromatic heterocycles. The lowest BCUT2D eigenvalue weighted by atomic mass is 10.1. The maximum atomic E-state index is 13.7. The van der Waals surface area contributed by atoms with Gasteiger partial charge >= 0.3 is 0 Å². The molecule has 104 valence electrons. The predicted octanol–water partition coefficient (Wildman–Crippen LogP) is 3.13. The summed E-state index contributed by atoms with van der Waals surface area (Å²) in [6, 6.07) is 11.4. The zero-order valence-electron chi connectivity index (χ0n) is 10.8. The number of rotatable bonds is 4. The van der Waals surface area contributed by atoms with Gasteiger partial charge in [-0.05, 0) is 24.1 Å². The van der Waals surface area contributed by atoms with Crippen molar-refractivity contribution in [3.63, 3.8) is 0 Å². The second-order valence-electron chi connectivity index (χ2n) is 4.26. The predicted molar refractivity (Wildman–Crippen MR) is 69.8 cm³/mol. The average molecular weight is 277 g/mol. The van der Waals surface area contributed by atoms with Crippen molar-refractivity contribution < 1.29 is 18.4 Å². The topological polar surface area (TPSA) is 38.3 Å². The van der Waals surface area contributed by atoms with Crippen molar-refractivity contribution in [3.05, 3.63) is 70.8 Å². The van der Waals surface area contributed by atoms with Gasteiger partial charge in [-0.3, -0.25) is 9.63 Å². The van der Waals surface area contributed by atoms with Crippen molar-refractivity contribution in [3.8, 4) is 0 Å². The maximum absolute atomic E-state index is 13.7. The fourth-order valence-corrected chi connectivity index (χ4v) is 1.68. The van der Waals surface area contributed by atoms with Crippen LogP contribution in [0.1, 0.15) is 21.5 Å². The number of carbonyl (C=O) groups is 1.